The number of nitrogens with zero attached hydrogens (tertiary/aromatic N) is 3. The first-order valence-corrected chi connectivity index (χ1v) is 5.30. The van der Waals surface area contributed by atoms with Gasteiger partial charge in [0.1, 0.15) is 6.07 Å². The van der Waals surface area contributed by atoms with Crippen molar-refractivity contribution in [2.24, 2.45) is 5.41 Å². The van der Waals surface area contributed by atoms with Crippen molar-refractivity contribution in [3.05, 3.63) is 27.9 Å². The SMILES string of the molecule is CC(C)(CNc1ncc(C#N)cc1[N+](=O)[O-])C(=O)O. The van der Waals surface area contributed by atoms with E-state index in [9.17, 15) is 14.9 Å². The highest BCUT2D eigenvalue weighted by molar-refractivity contribution is 5.74. The van der Waals surface area contributed by atoms with Crippen LogP contribution in [0.1, 0.15) is 19.4 Å². The predicted molar refractivity (Wildman–Crippen MR) is 65.5 cm³/mol. The molecule has 0 aliphatic carbocycles. The maximum atomic E-state index is 10.9. The quantitative estimate of drug-likeness (QED) is 0.607. The Balaban J connectivity index is 2.99. The molecule has 0 aliphatic heterocycles. The topological polar surface area (TPSA) is 129 Å². The van der Waals surface area contributed by atoms with Crippen molar-refractivity contribution in [3.63, 3.8) is 0 Å². The zero-order valence-corrected chi connectivity index (χ0v) is 10.4. The smallest absolute Gasteiger partial charge is 0.312 e. The number of hydrogen-bond donors (Lipinski definition) is 2. The summed E-state index contributed by atoms with van der Waals surface area (Å²) < 4.78 is 0. The highest BCUT2D eigenvalue weighted by Crippen LogP contribution is 2.24. The van der Waals surface area contributed by atoms with Crippen LogP contribution in [0.2, 0.25) is 0 Å². The van der Waals surface area contributed by atoms with Crippen LogP contribution in [0.5, 0.6) is 0 Å². The van der Waals surface area contributed by atoms with Gasteiger partial charge in [0.05, 0.1) is 15.9 Å². The molecule has 0 bridgehead atoms. The summed E-state index contributed by atoms with van der Waals surface area (Å²) in [6.07, 6.45) is 1.18. The zero-order chi connectivity index (χ0) is 14.6. The first kappa shape index (κ1) is 14.4. The fraction of sp³-hybridized carbons (Fsp3) is 0.364. The van der Waals surface area contributed by atoms with E-state index in [-0.39, 0.29) is 23.6 Å². The van der Waals surface area contributed by atoms with Crippen LogP contribution in [-0.4, -0.2) is 27.5 Å². The lowest BCUT2D eigenvalue weighted by Gasteiger charge is -2.19. The number of carbonyl (C=O) groups is 1. The molecule has 8 nitrogen and oxygen atoms in total. The minimum absolute atomic E-state index is 0.0257. The third-order valence-electron chi connectivity index (χ3n) is 2.47. The van der Waals surface area contributed by atoms with Crippen LogP contribution in [0.15, 0.2) is 12.3 Å². The van der Waals surface area contributed by atoms with Crippen LogP contribution in [-0.2, 0) is 4.79 Å². The second kappa shape index (κ2) is 5.30. The summed E-state index contributed by atoms with van der Waals surface area (Å²) in [4.78, 5) is 24.9. The summed E-state index contributed by atoms with van der Waals surface area (Å²) in [5, 5.41) is 31.1. The van der Waals surface area contributed by atoms with Crippen molar-refractivity contribution in [1.82, 2.24) is 4.98 Å². The fourth-order valence-electron chi connectivity index (χ4n) is 1.17. The lowest BCUT2D eigenvalue weighted by atomic mass is 9.94. The molecule has 0 aliphatic rings. The number of aromatic nitrogens is 1. The summed E-state index contributed by atoms with van der Waals surface area (Å²) in [7, 11) is 0. The van der Waals surface area contributed by atoms with Crippen LogP contribution in [0.4, 0.5) is 11.5 Å². The van der Waals surface area contributed by atoms with E-state index in [0.29, 0.717) is 0 Å². The second-order valence-electron chi connectivity index (χ2n) is 4.50. The molecule has 1 aromatic rings. The predicted octanol–water partition coefficient (Wildman–Crippen LogP) is 1.38. The van der Waals surface area contributed by atoms with Gasteiger partial charge < -0.3 is 10.4 Å². The maximum absolute atomic E-state index is 10.9. The number of hydrogen-bond acceptors (Lipinski definition) is 6. The van der Waals surface area contributed by atoms with E-state index in [1.807, 2.05) is 0 Å². The number of nitro groups is 1. The van der Waals surface area contributed by atoms with Crippen molar-refractivity contribution < 1.29 is 14.8 Å². The van der Waals surface area contributed by atoms with Crippen molar-refractivity contribution in [3.8, 4) is 6.07 Å². The molecule has 0 aromatic carbocycles. The molecule has 0 spiro atoms. The highest BCUT2D eigenvalue weighted by Gasteiger charge is 2.28. The summed E-state index contributed by atoms with van der Waals surface area (Å²) in [5.74, 6) is -1.09. The first-order chi connectivity index (χ1) is 8.77. The van der Waals surface area contributed by atoms with Gasteiger partial charge in [-0.2, -0.15) is 5.26 Å². The van der Waals surface area contributed by atoms with Gasteiger partial charge in [-0.1, -0.05) is 0 Å². The molecule has 8 heteroatoms. The van der Waals surface area contributed by atoms with Gasteiger partial charge in [-0.3, -0.25) is 14.9 Å². The third kappa shape index (κ3) is 3.38. The average Bonchev–Trinajstić information content (AvgIpc) is 2.35. The van der Waals surface area contributed by atoms with Crippen LogP contribution < -0.4 is 5.32 Å². The molecular weight excluding hydrogens is 252 g/mol. The largest absolute Gasteiger partial charge is 0.481 e. The van der Waals surface area contributed by atoms with Gasteiger partial charge >= 0.3 is 11.7 Å². The Hall–Kier alpha value is -2.69. The molecule has 0 fully saturated rings. The van der Waals surface area contributed by atoms with E-state index in [1.54, 1.807) is 6.07 Å². The molecular formula is C11H12N4O4. The van der Waals surface area contributed by atoms with Gasteiger partial charge in [-0.25, -0.2) is 4.98 Å². The Bertz CT molecular complexity index is 562. The van der Waals surface area contributed by atoms with Crippen molar-refractivity contribution >= 4 is 17.5 Å². The number of nitrogens with one attached hydrogen (secondary N) is 1. The highest BCUT2D eigenvalue weighted by atomic mass is 16.6. The summed E-state index contributed by atoms with van der Waals surface area (Å²) in [6.45, 7) is 2.94. The van der Waals surface area contributed by atoms with Crippen LogP contribution in [0.3, 0.4) is 0 Å². The molecule has 0 unspecified atom stereocenters. The second-order valence-corrected chi connectivity index (χ2v) is 4.50. The molecule has 0 radical (unpaired) electrons. The van der Waals surface area contributed by atoms with E-state index in [4.69, 9.17) is 10.4 Å². The summed E-state index contributed by atoms with van der Waals surface area (Å²) in [5.41, 5.74) is -1.39. The van der Waals surface area contributed by atoms with Crippen LogP contribution in [0.25, 0.3) is 0 Å². The number of rotatable bonds is 5. The summed E-state index contributed by atoms with van der Waals surface area (Å²) in [6, 6.07) is 2.84. The molecule has 1 aromatic heterocycles. The van der Waals surface area contributed by atoms with Crippen molar-refractivity contribution in [2.45, 2.75) is 13.8 Å². The molecule has 0 atom stereocenters. The molecule has 100 valence electrons. The van der Waals surface area contributed by atoms with Crippen molar-refractivity contribution in [1.29, 1.82) is 5.26 Å². The number of nitriles is 1. The molecule has 1 rings (SSSR count). The lowest BCUT2D eigenvalue weighted by Crippen LogP contribution is -2.32. The lowest BCUT2D eigenvalue weighted by molar-refractivity contribution is -0.384. The van der Waals surface area contributed by atoms with E-state index in [1.165, 1.54) is 20.0 Å². The Morgan fingerprint density at radius 1 is 1.68 bits per heavy atom. The third-order valence-corrected chi connectivity index (χ3v) is 2.47. The van der Waals surface area contributed by atoms with Gasteiger partial charge in [-0.05, 0) is 13.8 Å². The van der Waals surface area contributed by atoms with Gasteiger partial charge in [-0.15, -0.1) is 0 Å². The molecule has 0 saturated carbocycles. The van der Waals surface area contributed by atoms with Gasteiger partial charge in [0.2, 0.25) is 5.82 Å². The Kier molecular flexibility index (Phi) is 4.01. The van der Waals surface area contributed by atoms with Gasteiger partial charge in [0, 0.05) is 18.8 Å². The minimum Gasteiger partial charge on any atom is -0.481 e. The van der Waals surface area contributed by atoms with Gasteiger partial charge in [0.15, 0.2) is 0 Å². The maximum Gasteiger partial charge on any atom is 0.312 e. The molecule has 2 N–H and O–H groups in total. The fourth-order valence-corrected chi connectivity index (χ4v) is 1.17. The number of carboxylic acid groups (broad SMARTS) is 1. The monoisotopic (exact) mass is 264 g/mol. The first-order valence-electron chi connectivity index (χ1n) is 5.30. The van der Waals surface area contributed by atoms with E-state index >= 15 is 0 Å². The van der Waals surface area contributed by atoms with Crippen molar-refractivity contribution in [2.75, 3.05) is 11.9 Å². The number of aliphatic carboxylic acids is 1. The molecule has 1 heterocycles. The van der Waals surface area contributed by atoms with Crippen LogP contribution in [0, 0.1) is 26.9 Å². The van der Waals surface area contributed by atoms with E-state index in [2.05, 4.69) is 10.3 Å². The minimum atomic E-state index is -1.09. The Labute approximate surface area is 108 Å². The molecule has 0 amide bonds. The number of pyridine rings is 1. The number of anilines is 1. The normalized spacial score (nSPS) is 10.6. The summed E-state index contributed by atoms with van der Waals surface area (Å²) >= 11 is 0. The van der Waals surface area contributed by atoms with Crippen LogP contribution >= 0.6 is 0 Å². The zero-order valence-electron chi connectivity index (χ0n) is 10.4. The van der Waals surface area contributed by atoms with Gasteiger partial charge in [0.25, 0.3) is 0 Å². The Morgan fingerprint density at radius 3 is 2.79 bits per heavy atom. The van der Waals surface area contributed by atoms with E-state index < -0.39 is 16.3 Å². The molecule has 19 heavy (non-hydrogen) atoms. The van der Waals surface area contributed by atoms with E-state index in [0.717, 1.165) is 6.07 Å². The average molecular weight is 264 g/mol. The Morgan fingerprint density at radius 2 is 2.32 bits per heavy atom. The molecule has 0 saturated heterocycles. The standard InChI is InChI=1S/C11H12N4O4/c1-11(2,10(16)17)6-14-9-8(15(18)19)3-7(4-12)5-13-9/h3,5H,6H2,1-2H3,(H,13,14)(H,16,17). The number of carboxylic acids is 1.